The molecule has 3 rings (SSSR count). The Kier molecular flexibility index (Phi) is 4.99. The maximum absolute atomic E-state index is 13.3. The molecule has 0 amide bonds. The number of para-hydroxylation sites is 1. The molecule has 0 aromatic heterocycles. The Morgan fingerprint density at radius 3 is 2.07 bits per heavy atom. The average molecular weight is 392 g/mol. The molecule has 2 atom stereocenters. The van der Waals surface area contributed by atoms with Crippen LogP contribution in [0.25, 0.3) is 0 Å². The fraction of sp³-hybridized carbons (Fsp3) is 0.682. The summed E-state index contributed by atoms with van der Waals surface area (Å²) in [5, 5.41) is 0. The largest absolute Gasteiger partial charge is 0.299 e. The zero-order valence-corrected chi connectivity index (χ0v) is 18.2. The van der Waals surface area contributed by atoms with E-state index < -0.39 is 15.4 Å². The van der Waals surface area contributed by atoms with Crippen LogP contribution in [0.1, 0.15) is 83.8 Å². The number of ketones is 1. The minimum Gasteiger partial charge on any atom is -0.299 e. The number of hydrogen-bond donors (Lipinski definition) is 1. The van der Waals surface area contributed by atoms with Crippen LogP contribution >= 0.6 is 0 Å². The average Bonchev–Trinajstić information content (AvgIpc) is 2.87. The Labute approximate surface area is 164 Å². The molecule has 27 heavy (non-hydrogen) atoms. The second-order valence-electron chi connectivity index (χ2n) is 9.65. The third-order valence-corrected chi connectivity index (χ3v) is 8.59. The van der Waals surface area contributed by atoms with Crippen molar-refractivity contribution in [1.29, 1.82) is 0 Å². The van der Waals surface area contributed by atoms with Crippen molar-refractivity contribution in [2.75, 3.05) is 10.5 Å². The summed E-state index contributed by atoms with van der Waals surface area (Å²) in [5.74, 6) is 0.761. The highest BCUT2D eigenvalue weighted by Crippen LogP contribution is 2.64. The molecule has 2 bridgehead atoms. The zero-order chi connectivity index (χ0) is 20.2. The number of hydrogen-bond acceptors (Lipinski definition) is 3. The molecule has 1 aromatic rings. The zero-order valence-electron chi connectivity index (χ0n) is 17.4. The number of nitrogens with one attached hydrogen (secondary N) is 1. The first-order valence-corrected chi connectivity index (χ1v) is 11.7. The molecule has 2 aliphatic rings. The molecule has 2 fully saturated rings. The van der Waals surface area contributed by atoms with Crippen LogP contribution in [-0.2, 0) is 14.8 Å². The molecular weight excluding hydrogens is 358 g/mol. The number of Topliss-reactive ketones (excluding diaryl/α,β-unsaturated/α-hetero) is 1. The molecule has 0 spiro atoms. The summed E-state index contributed by atoms with van der Waals surface area (Å²) >= 11 is 0. The van der Waals surface area contributed by atoms with Gasteiger partial charge in [0.2, 0.25) is 10.0 Å². The topological polar surface area (TPSA) is 63.2 Å². The molecule has 0 heterocycles. The van der Waals surface area contributed by atoms with Gasteiger partial charge in [-0.1, -0.05) is 59.7 Å². The van der Waals surface area contributed by atoms with Gasteiger partial charge in [0.05, 0.1) is 16.9 Å². The predicted molar refractivity (Wildman–Crippen MR) is 111 cm³/mol. The lowest BCUT2D eigenvalue weighted by atomic mass is 9.70. The van der Waals surface area contributed by atoms with E-state index >= 15 is 0 Å². The van der Waals surface area contributed by atoms with Crippen molar-refractivity contribution in [2.24, 2.45) is 16.7 Å². The number of rotatable bonds is 6. The first-order valence-electron chi connectivity index (χ1n) is 10.1. The standard InChI is InChI=1S/C22H33NO3S/c1-14(2)17-8-7-9-18(15(3)4)20(17)23-27(25,26)13-22-11-10-16(12-19(22)24)21(22,5)6/h7-9,14-16,23H,10-13H2,1-6H3. The van der Waals surface area contributed by atoms with Crippen molar-refractivity contribution in [3.8, 4) is 0 Å². The second kappa shape index (κ2) is 6.61. The van der Waals surface area contributed by atoms with Gasteiger partial charge in [-0.25, -0.2) is 8.42 Å². The minimum atomic E-state index is -3.65. The molecular formula is C22H33NO3S. The smallest absolute Gasteiger partial charge is 0.233 e. The van der Waals surface area contributed by atoms with E-state index in [9.17, 15) is 13.2 Å². The van der Waals surface area contributed by atoms with Crippen molar-refractivity contribution in [1.82, 2.24) is 0 Å². The first-order chi connectivity index (χ1) is 12.4. The van der Waals surface area contributed by atoms with Crippen LogP contribution in [0.15, 0.2) is 18.2 Å². The van der Waals surface area contributed by atoms with E-state index in [-0.39, 0.29) is 28.8 Å². The van der Waals surface area contributed by atoms with E-state index in [2.05, 4.69) is 46.3 Å². The number of benzene rings is 1. The Morgan fingerprint density at radius 2 is 1.67 bits per heavy atom. The fourth-order valence-electron chi connectivity index (χ4n) is 5.29. The molecule has 0 radical (unpaired) electrons. The van der Waals surface area contributed by atoms with Crippen LogP contribution < -0.4 is 4.72 Å². The van der Waals surface area contributed by atoms with E-state index in [1.807, 2.05) is 18.2 Å². The number of carbonyl (C=O) groups is 1. The van der Waals surface area contributed by atoms with Crippen molar-refractivity contribution in [3.63, 3.8) is 0 Å². The second-order valence-corrected chi connectivity index (χ2v) is 11.4. The Bertz CT molecular complexity index is 828. The maximum Gasteiger partial charge on any atom is 0.233 e. The molecule has 2 saturated carbocycles. The highest BCUT2D eigenvalue weighted by Gasteiger charge is 2.65. The van der Waals surface area contributed by atoms with Gasteiger partial charge >= 0.3 is 0 Å². The van der Waals surface area contributed by atoms with Gasteiger partial charge in [-0.2, -0.15) is 0 Å². The third kappa shape index (κ3) is 3.22. The molecule has 150 valence electrons. The lowest BCUT2D eigenvalue weighted by molar-refractivity contribution is -0.128. The van der Waals surface area contributed by atoms with Crippen molar-refractivity contribution in [2.45, 2.75) is 72.6 Å². The van der Waals surface area contributed by atoms with Crippen molar-refractivity contribution in [3.05, 3.63) is 29.3 Å². The lowest BCUT2D eigenvalue weighted by Crippen LogP contribution is -2.43. The Morgan fingerprint density at radius 1 is 1.11 bits per heavy atom. The highest BCUT2D eigenvalue weighted by molar-refractivity contribution is 7.92. The van der Waals surface area contributed by atoms with Gasteiger partial charge in [0.15, 0.2) is 0 Å². The summed E-state index contributed by atoms with van der Waals surface area (Å²) in [5.41, 5.74) is 1.72. The summed E-state index contributed by atoms with van der Waals surface area (Å²) in [6.07, 6.45) is 2.17. The SMILES string of the molecule is CC(C)c1cccc(C(C)C)c1NS(=O)(=O)CC12CCC(CC1=O)C2(C)C. The van der Waals surface area contributed by atoms with Crippen LogP contribution in [0, 0.1) is 16.7 Å². The van der Waals surface area contributed by atoms with Gasteiger partial charge in [0, 0.05) is 6.42 Å². The van der Waals surface area contributed by atoms with Gasteiger partial charge < -0.3 is 0 Å². The molecule has 2 unspecified atom stereocenters. The molecule has 1 N–H and O–H groups in total. The Balaban J connectivity index is 1.98. The van der Waals surface area contributed by atoms with Gasteiger partial charge in [-0.3, -0.25) is 9.52 Å². The summed E-state index contributed by atoms with van der Waals surface area (Å²) < 4.78 is 29.4. The predicted octanol–water partition coefficient (Wildman–Crippen LogP) is 5.07. The van der Waals surface area contributed by atoms with E-state index in [1.165, 1.54) is 0 Å². The first kappa shape index (κ1) is 20.4. The van der Waals surface area contributed by atoms with Crippen molar-refractivity contribution < 1.29 is 13.2 Å². The highest BCUT2D eigenvalue weighted by atomic mass is 32.2. The quantitative estimate of drug-likeness (QED) is 0.736. The van der Waals surface area contributed by atoms with Gasteiger partial charge in [0.25, 0.3) is 0 Å². The molecule has 4 nitrogen and oxygen atoms in total. The molecule has 1 aromatic carbocycles. The Hall–Kier alpha value is -1.36. The van der Waals surface area contributed by atoms with Crippen LogP contribution in [0.5, 0.6) is 0 Å². The van der Waals surface area contributed by atoms with Gasteiger partial charge in [0.1, 0.15) is 5.78 Å². The molecule has 2 aliphatic carbocycles. The van der Waals surface area contributed by atoms with Crippen LogP contribution in [0.3, 0.4) is 0 Å². The van der Waals surface area contributed by atoms with E-state index in [0.29, 0.717) is 24.4 Å². The van der Waals surface area contributed by atoms with Gasteiger partial charge in [-0.05, 0) is 47.1 Å². The van der Waals surface area contributed by atoms with Crippen LogP contribution in [0.4, 0.5) is 5.69 Å². The number of sulfonamides is 1. The lowest BCUT2D eigenvalue weighted by Gasteiger charge is -2.36. The number of anilines is 1. The molecule has 0 aliphatic heterocycles. The monoisotopic (exact) mass is 391 g/mol. The normalized spacial score (nSPS) is 27.0. The van der Waals surface area contributed by atoms with Crippen LogP contribution in [0.2, 0.25) is 0 Å². The number of fused-ring (bicyclic) bond motifs is 2. The van der Waals surface area contributed by atoms with E-state index in [1.54, 1.807) is 0 Å². The van der Waals surface area contributed by atoms with Crippen LogP contribution in [-0.4, -0.2) is 20.0 Å². The fourth-order valence-corrected chi connectivity index (χ4v) is 7.24. The minimum absolute atomic E-state index is 0.105. The summed E-state index contributed by atoms with van der Waals surface area (Å²) in [6, 6.07) is 5.97. The van der Waals surface area contributed by atoms with E-state index in [0.717, 1.165) is 17.5 Å². The van der Waals surface area contributed by atoms with Crippen molar-refractivity contribution >= 4 is 21.5 Å². The molecule has 5 heteroatoms. The molecule has 0 saturated heterocycles. The van der Waals surface area contributed by atoms with E-state index in [4.69, 9.17) is 0 Å². The third-order valence-electron chi connectivity index (χ3n) is 7.21. The summed E-state index contributed by atoms with van der Waals surface area (Å²) in [4.78, 5) is 12.8. The summed E-state index contributed by atoms with van der Waals surface area (Å²) in [7, 11) is -3.65. The number of carbonyl (C=O) groups excluding carboxylic acids is 1. The van der Waals surface area contributed by atoms with Gasteiger partial charge in [-0.15, -0.1) is 0 Å². The maximum atomic E-state index is 13.3. The summed E-state index contributed by atoms with van der Waals surface area (Å²) in [6.45, 7) is 12.4.